The minimum atomic E-state index is -3.56. The van der Waals surface area contributed by atoms with Gasteiger partial charge in [-0.25, -0.2) is 16.8 Å². The lowest BCUT2D eigenvalue weighted by molar-refractivity contribution is 0.155. The van der Waals surface area contributed by atoms with Crippen molar-refractivity contribution in [1.82, 2.24) is 18.8 Å². The van der Waals surface area contributed by atoms with Gasteiger partial charge in [-0.2, -0.15) is 13.6 Å². The Balaban J connectivity index is 1.62. The highest BCUT2D eigenvalue weighted by Crippen LogP contribution is 2.28. The average Bonchev–Trinajstić information content (AvgIpc) is 3.19. The first-order valence-electron chi connectivity index (χ1n) is 8.89. The molecule has 12 heteroatoms. The zero-order chi connectivity index (χ0) is 20.5. The first-order chi connectivity index (χ1) is 13.1. The van der Waals surface area contributed by atoms with Crippen molar-refractivity contribution in [2.45, 2.75) is 36.9 Å². The lowest BCUT2D eigenvalue weighted by Crippen LogP contribution is -2.62. The van der Waals surface area contributed by atoms with E-state index in [1.54, 1.807) is 17.5 Å². The van der Waals surface area contributed by atoms with Crippen LogP contribution in [0.1, 0.15) is 25.6 Å². The smallest absolute Gasteiger partial charge is 0.252 e. The Hall–Kier alpha value is -1.34. The van der Waals surface area contributed by atoms with Crippen molar-refractivity contribution in [3.63, 3.8) is 0 Å². The van der Waals surface area contributed by atoms with Crippen molar-refractivity contribution in [3.8, 4) is 0 Å². The zero-order valence-electron chi connectivity index (χ0n) is 16.0. The minimum absolute atomic E-state index is 0.137. The van der Waals surface area contributed by atoms with E-state index in [1.807, 2.05) is 13.8 Å². The molecule has 2 aromatic heterocycles. The molecule has 0 amide bonds. The molecule has 3 heterocycles. The molecule has 0 atom stereocenters. The summed E-state index contributed by atoms with van der Waals surface area (Å²) in [6.45, 7) is 4.54. The summed E-state index contributed by atoms with van der Waals surface area (Å²) in [5, 5.41) is 5.60. The van der Waals surface area contributed by atoms with E-state index in [0.717, 1.165) is 17.6 Å². The van der Waals surface area contributed by atoms with Crippen molar-refractivity contribution in [3.05, 3.63) is 29.2 Å². The molecule has 0 aromatic carbocycles. The molecule has 2 aromatic rings. The number of aromatic nitrogens is 2. The third-order valence-corrected chi connectivity index (χ3v) is 8.94. The molecule has 0 radical (unpaired) electrons. The molecule has 1 aliphatic rings. The summed E-state index contributed by atoms with van der Waals surface area (Å²) in [4.78, 5) is 4.29. The van der Waals surface area contributed by atoms with Crippen molar-refractivity contribution in [2.75, 3.05) is 25.9 Å². The van der Waals surface area contributed by atoms with Crippen LogP contribution >= 0.6 is 11.3 Å². The van der Waals surface area contributed by atoms with Crippen LogP contribution in [0.3, 0.4) is 0 Å². The fraction of sp³-hybridized carbons (Fsp3) is 0.625. The summed E-state index contributed by atoms with van der Waals surface area (Å²) in [5.74, 6) is 1.37. The summed E-state index contributed by atoms with van der Waals surface area (Å²) in [6.07, 6.45) is 2.10. The molecule has 0 spiro atoms. The summed E-state index contributed by atoms with van der Waals surface area (Å²) in [7, 11) is -7.06. The molecule has 0 unspecified atom stereocenters. The average molecular weight is 449 g/mol. The molecule has 0 saturated carbocycles. The number of hydrogen-bond donors (Lipinski definition) is 0. The predicted molar refractivity (Wildman–Crippen MR) is 105 cm³/mol. The van der Waals surface area contributed by atoms with Crippen molar-refractivity contribution in [2.24, 2.45) is 5.92 Å². The van der Waals surface area contributed by atoms with Crippen LogP contribution in [0.5, 0.6) is 0 Å². The number of nitrogens with zero attached hydrogens (tertiary/aromatic N) is 4. The van der Waals surface area contributed by atoms with E-state index in [-0.39, 0.29) is 23.8 Å². The van der Waals surface area contributed by atoms with Crippen LogP contribution in [0.4, 0.5) is 0 Å². The number of sulfonamides is 2. The molecule has 9 nitrogen and oxygen atoms in total. The Morgan fingerprint density at radius 1 is 1.32 bits per heavy atom. The molecule has 3 rings (SSSR count). The molecule has 1 fully saturated rings. The van der Waals surface area contributed by atoms with Gasteiger partial charge in [-0.15, -0.1) is 11.3 Å². The van der Waals surface area contributed by atoms with Gasteiger partial charge in [-0.05, 0) is 17.4 Å². The quantitative estimate of drug-likeness (QED) is 0.566. The largest absolute Gasteiger partial charge is 0.339 e. The molecule has 1 saturated heterocycles. The van der Waals surface area contributed by atoms with E-state index < -0.39 is 26.1 Å². The number of rotatable bonds is 9. The molecular weight excluding hydrogens is 424 g/mol. The second-order valence-corrected chi connectivity index (χ2v) is 12.3. The highest BCUT2D eigenvalue weighted by Gasteiger charge is 2.42. The SMILES string of the molecule is CC(C)Cc1nc(CCN(C2CN(S(=O)(=O)c3cccs3)C2)S(C)(=O)=O)no1. The number of thiophene rings is 1. The van der Waals surface area contributed by atoms with Gasteiger partial charge in [-0.1, -0.05) is 25.1 Å². The predicted octanol–water partition coefficient (Wildman–Crippen LogP) is 1.21. The van der Waals surface area contributed by atoms with E-state index >= 15 is 0 Å². The topological polar surface area (TPSA) is 114 Å². The maximum atomic E-state index is 12.5. The van der Waals surface area contributed by atoms with Crippen LogP contribution in [-0.4, -0.2) is 67.5 Å². The van der Waals surface area contributed by atoms with Crippen LogP contribution in [0.25, 0.3) is 0 Å². The molecule has 0 aliphatic carbocycles. The fourth-order valence-corrected chi connectivity index (χ4v) is 6.74. The van der Waals surface area contributed by atoms with Crippen molar-refractivity contribution < 1.29 is 21.4 Å². The van der Waals surface area contributed by atoms with Crippen LogP contribution in [0.15, 0.2) is 26.2 Å². The molecule has 0 N–H and O–H groups in total. The molecule has 1 aliphatic heterocycles. The molecule has 156 valence electrons. The van der Waals surface area contributed by atoms with Gasteiger partial charge in [0.25, 0.3) is 10.0 Å². The van der Waals surface area contributed by atoms with Gasteiger partial charge in [0.1, 0.15) is 4.21 Å². The fourth-order valence-electron chi connectivity index (χ4n) is 2.99. The molecule has 0 bridgehead atoms. The first-order valence-corrected chi connectivity index (χ1v) is 13.1. The third kappa shape index (κ3) is 4.79. The van der Waals surface area contributed by atoms with Gasteiger partial charge in [0.2, 0.25) is 15.9 Å². The highest BCUT2D eigenvalue weighted by molar-refractivity contribution is 7.91. The Bertz CT molecular complexity index is 993. The normalized spacial score (nSPS) is 16.8. The summed E-state index contributed by atoms with van der Waals surface area (Å²) in [5.41, 5.74) is 0. The second kappa shape index (κ2) is 8.19. The third-order valence-electron chi connectivity index (χ3n) is 4.40. The monoisotopic (exact) mass is 448 g/mol. The van der Waals surface area contributed by atoms with Gasteiger partial charge >= 0.3 is 0 Å². The highest BCUT2D eigenvalue weighted by atomic mass is 32.2. The van der Waals surface area contributed by atoms with Crippen LogP contribution < -0.4 is 0 Å². The maximum absolute atomic E-state index is 12.5. The summed E-state index contributed by atoms with van der Waals surface area (Å²) < 4.78 is 57.5. The summed E-state index contributed by atoms with van der Waals surface area (Å²) in [6, 6.07) is 2.83. The first kappa shape index (κ1) is 21.4. The Kier molecular flexibility index (Phi) is 6.25. The van der Waals surface area contributed by atoms with Crippen LogP contribution in [-0.2, 0) is 32.9 Å². The van der Waals surface area contributed by atoms with E-state index in [1.165, 1.54) is 8.61 Å². The standard InChI is InChI=1S/C16H24N4O5S3/c1-12(2)9-15-17-14(18-25-15)6-7-20(27(3,21)22)13-10-19(11-13)28(23,24)16-5-4-8-26-16/h4-5,8,12-13H,6-7,9-11H2,1-3H3. The van der Waals surface area contributed by atoms with Crippen LogP contribution in [0.2, 0.25) is 0 Å². The van der Waals surface area contributed by atoms with E-state index in [9.17, 15) is 16.8 Å². The van der Waals surface area contributed by atoms with Gasteiger partial charge in [-0.3, -0.25) is 0 Å². The van der Waals surface area contributed by atoms with Gasteiger partial charge in [0.05, 0.1) is 12.3 Å². The van der Waals surface area contributed by atoms with E-state index in [4.69, 9.17) is 4.52 Å². The Morgan fingerprint density at radius 3 is 2.61 bits per heavy atom. The van der Waals surface area contributed by atoms with Gasteiger partial charge < -0.3 is 4.52 Å². The Labute approximate surface area is 169 Å². The van der Waals surface area contributed by atoms with Gasteiger partial charge in [0.15, 0.2) is 5.82 Å². The maximum Gasteiger partial charge on any atom is 0.252 e. The Morgan fingerprint density at radius 2 is 2.04 bits per heavy atom. The molecule has 28 heavy (non-hydrogen) atoms. The second-order valence-electron chi connectivity index (χ2n) is 7.23. The zero-order valence-corrected chi connectivity index (χ0v) is 18.4. The summed E-state index contributed by atoms with van der Waals surface area (Å²) >= 11 is 1.15. The molecular formula is C16H24N4O5S3. The van der Waals surface area contributed by atoms with Gasteiger partial charge in [0, 0.05) is 32.5 Å². The lowest BCUT2D eigenvalue weighted by Gasteiger charge is -2.42. The lowest BCUT2D eigenvalue weighted by atomic mass is 10.1. The van der Waals surface area contributed by atoms with Crippen molar-refractivity contribution >= 4 is 31.4 Å². The van der Waals surface area contributed by atoms with Crippen molar-refractivity contribution in [1.29, 1.82) is 0 Å². The number of hydrogen-bond acceptors (Lipinski definition) is 8. The van der Waals surface area contributed by atoms with Crippen LogP contribution in [0, 0.1) is 5.92 Å². The minimum Gasteiger partial charge on any atom is -0.339 e. The van der Waals surface area contributed by atoms with E-state index in [2.05, 4.69) is 10.1 Å². The van der Waals surface area contributed by atoms with E-state index in [0.29, 0.717) is 30.5 Å².